The number of fused-ring (bicyclic) bond motifs is 1. The highest BCUT2D eigenvalue weighted by Gasteiger charge is 2.06. The van der Waals surface area contributed by atoms with Gasteiger partial charge in [-0.2, -0.15) is 4.80 Å². The van der Waals surface area contributed by atoms with E-state index in [9.17, 15) is 0 Å². The van der Waals surface area contributed by atoms with Gasteiger partial charge in [0.15, 0.2) is 6.61 Å². The molecule has 3 aromatic rings. The lowest BCUT2D eigenvalue weighted by Gasteiger charge is -2.03. The highest BCUT2D eigenvalue weighted by Crippen LogP contribution is 2.25. The zero-order chi connectivity index (χ0) is 13.4. The van der Waals surface area contributed by atoms with Gasteiger partial charge in [-0.25, -0.2) is 0 Å². The molecule has 0 saturated carbocycles. The Balaban J connectivity index is 1.83. The lowest BCUT2D eigenvalue weighted by atomic mass is 10.1. The van der Waals surface area contributed by atoms with Crippen LogP contribution in [0.3, 0.4) is 0 Å². The molecule has 0 atom stereocenters. The van der Waals surface area contributed by atoms with Crippen molar-refractivity contribution in [3.8, 4) is 5.75 Å². The van der Waals surface area contributed by atoms with E-state index in [4.69, 9.17) is 4.74 Å². The third-order valence-corrected chi connectivity index (χ3v) is 3.20. The predicted molar refractivity (Wildman–Crippen MR) is 70.9 cm³/mol. The van der Waals surface area contributed by atoms with E-state index < -0.39 is 0 Å². The number of benzene rings is 1. The highest BCUT2D eigenvalue weighted by molar-refractivity contribution is 5.85. The molecule has 2 heterocycles. The summed E-state index contributed by atoms with van der Waals surface area (Å²) in [5, 5.41) is 12.9. The quantitative estimate of drug-likeness (QED) is 0.778. The van der Waals surface area contributed by atoms with Crippen molar-refractivity contribution in [1.29, 1.82) is 0 Å². The number of nitrogens with zero attached hydrogens (tertiary/aromatic N) is 4. The third-order valence-electron chi connectivity index (χ3n) is 3.20. The zero-order valence-electron chi connectivity index (χ0n) is 11.1. The van der Waals surface area contributed by atoms with Gasteiger partial charge >= 0.3 is 0 Å². The number of ether oxygens (including phenoxy) is 1. The normalized spacial score (nSPS) is 11.1. The van der Waals surface area contributed by atoms with Crippen LogP contribution in [0.1, 0.15) is 17.1 Å². The van der Waals surface area contributed by atoms with E-state index in [1.165, 1.54) is 21.4 Å². The molecule has 1 N–H and O–H groups in total. The maximum Gasteiger partial charge on any atom is 0.212 e. The van der Waals surface area contributed by atoms with Crippen LogP contribution in [0.4, 0.5) is 0 Å². The van der Waals surface area contributed by atoms with Crippen molar-refractivity contribution in [3.05, 3.63) is 35.3 Å². The minimum atomic E-state index is 0.321. The second kappa shape index (κ2) is 4.38. The van der Waals surface area contributed by atoms with E-state index in [1.54, 1.807) is 7.05 Å². The van der Waals surface area contributed by atoms with Gasteiger partial charge in [0, 0.05) is 16.6 Å². The maximum atomic E-state index is 5.69. The molecule has 6 nitrogen and oxygen atoms in total. The van der Waals surface area contributed by atoms with Crippen molar-refractivity contribution in [2.45, 2.75) is 20.5 Å². The van der Waals surface area contributed by atoms with Gasteiger partial charge in [-0.3, -0.25) is 0 Å². The Morgan fingerprint density at radius 1 is 1.32 bits per heavy atom. The van der Waals surface area contributed by atoms with Crippen molar-refractivity contribution in [2.75, 3.05) is 0 Å². The summed E-state index contributed by atoms with van der Waals surface area (Å²) < 4.78 is 5.69. The Labute approximate surface area is 110 Å². The number of nitrogens with one attached hydrogen (secondary N) is 1. The molecule has 2 aromatic heterocycles. The summed E-state index contributed by atoms with van der Waals surface area (Å²) in [6, 6.07) is 5.99. The number of aromatic amines is 1. The second-order valence-corrected chi connectivity index (χ2v) is 4.57. The van der Waals surface area contributed by atoms with Crippen molar-refractivity contribution in [3.63, 3.8) is 0 Å². The van der Waals surface area contributed by atoms with Crippen molar-refractivity contribution in [2.24, 2.45) is 7.05 Å². The fourth-order valence-electron chi connectivity index (χ4n) is 2.06. The van der Waals surface area contributed by atoms with Crippen LogP contribution in [0, 0.1) is 13.8 Å². The van der Waals surface area contributed by atoms with Crippen LogP contribution >= 0.6 is 0 Å². The standard InChI is InChI=1S/C13H15N5O/c1-8-9(2)14-12-5-4-10(6-11(8)12)19-7-13-15-17-18(3)16-13/h4-6,14H,7H2,1-3H3. The summed E-state index contributed by atoms with van der Waals surface area (Å²) in [7, 11) is 1.73. The first kappa shape index (κ1) is 11.7. The molecular formula is C13H15N5O. The molecule has 19 heavy (non-hydrogen) atoms. The summed E-state index contributed by atoms with van der Waals surface area (Å²) in [4.78, 5) is 4.76. The molecule has 0 amide bonds. The smallest absolute Gasteiger partial charge is 0.212 e. The summed E-state index contributed by atoms with van der Waals surface area (Å²) in [5.74, 6) is 1.38. The minimum Gasteiger partial charge on any atom is -0.485 e. The monoisotopic (exact) mass is 257 g/mol. The summed E-state index contributed by atoms with van der Waals surface area (Å²) in [6.07, 6.45) is 0. The number of tetrazole rings is 1. The molecule has 0 aliphatic carbocycles. The van der Waals surface area contributed by atoms with Crippen molar-refractivity contribution < 1.29 is 4.74 Å². The van der Waals surface area contributed by atoms with Crippen LogP contribution < -0.4 is 4.74 Å². The maximum absolute atomic E-state index is 5.69. The van der Waals surface area contributed by atoms with Gasteiger partial charge in [0.05, 0.1) is 7.05 Å². The molecule has 1 aromatic carbocycles. The number of hydrogen-bond donors (Lipinski definition) is 1. The first-order chi connectivity index (χ1) is 9.13. The van der Waals surface area contributed by atoms with Crippen molar-refractivity contribution in [1.82, 2.24) is 25.2 Å². The van der Waals surface area contributed by atoms with Gasteiger partial charge in [-0.15, -0.1) is 10.2 Å². The second-order valence-electron chi connectivity index (χ2n) is 4.57. The lowest BCUT2D eigenvalue weighted by molar-refractivity contribution is 0.295. The van der Waals surface area contributed by atoms with E-state index in [-0.39, 0.29) is 0 Å². The van der Waals surface area contributed by atoms with E-state index in [0.29, 0.717) is 12.4 Å². The third kappa shape index (κ3) is 2.16. The molecule has 0 bridgehead atoms. The average Bonchev–Trinajstić information content (AvgIpc) is 2.93. The van der Waals surface area contributed by atoms with Gasteiger partial charge in [0.1, 0.15) is 5.75 Å². The van der Waals surface area contributed by atoms with Crippen molar-refractivity contribution >= 4 is 10.9 Å². The molecule has 3 rings (SSSR count). The Hall–Kier alpha value is -2.37. The molecule has 0 fully saturated rings. The molecule has 6 heteroatoms. The fraction of sp³-hybridized carbons (Fsp3) is 0.308. The molecule has 0 aliphatic rings. The first-order valence-electron chi connectivity index (χ1n) is 6.08. The van der Waals surface area contributed by atoms with E-state index in [1.807, 2.05) is 18.2 Å². The van der Waals surface area contributed by atoms with Crippen LogP contribution in [-0.4, -0.2) is 25.2 Å². The summed E-state index contributed by atoms with van der Waals surface area (Å²) >= 11 is 0. The van der Waals surface area contributed by atoms with E-state index in [2.05, 4.69) is 34.2 Å². The number of aryl methyl sites for hydroxylation is 3. The topological polar surface area (TPSA) is 68.6 Å². The summed E-state index contributed by atoms with van der Waals surface area (Å²) in [5.41, 5.74) is 3.56. The Bertz CT molecular complexity index is 728. The Kier molecular flexibility index (Phi) is 2.70. The lowest BCUT2D eigenvalue weighted by Crippen LogP contribution is -1.99. The molecule has 98 valence electrons. The van der Waals surface area contributed by atoms with Crippen LogP contribution in [0.5, 0.6) is 5.75 Å². The Morgan fingerprint density at radius 2 is 2.16 bits per heavy atom. The number of rotatable bonds is 3. The van der Waals surface area contributed by atoms with Gasteiger partial charge in [0.2, 0.25) is 5.82 Å². The number of hydrogen-bond acceptors (Lipinski definition) is 4. The van der Waals surface area contributed by atoms with Gasteiger partial charge < -0.3 is 9.72 Å². The van der Waals surface area contributed by atoms with Gasteiger partial charge in [0.25, 0.3) is 0 Å². The Morgan fingerprint density at radius 3 is 2.89 bits per heavy atom. The molecule has 0 unspecified atom stereocenters. The number of H-pyrrole nitrogens is 1. The largest absolute Gasteiger partial charge is 0.485 e. The fourth-order valence-corrected chi connectivity index (χ4v) is 2.06. The van der Waals surface area contributed by atoms with Gasteiger partial charge in [-0.1, -0.05) is 0 Å². The van der Waals surface area contributed by atoms with Crippen LogP contribution in [0.2, 0.25) is 0 Å². The minimum absolute atomic E-state index is 0.321. The zero-order valence-corrected chi connectivity index (χ0v) is 11.1. The van der Waals surface area contributed by atoms with Crippen LogP contribution in [0.25, 0.3) is 10.9 Å². The molecular weight excluding hydrogens is 242 g/mol. The SMILES string of the molecule is Cc1[nH]c2ccc(OCc3nnn(C)n3)cc2c1C. The van der Waals surface area contributed by atoms with E-state index in [0.717, 1.165) is 11.3 Å². The van der Waals surface area contributed by atoms with Crippen LogP contribution in [0.15, 0.2) is 18.2 Å². The highest BCUT2D eigenvalue weighted by atomic mass is 16.5. The van der Waals surface area contributed by atoms with Gasteiger partial charge in [-0.05, 0) is 42.8 Å². The molecule has 0 radical (unpaired) electrons. The first-order valence-corrected chi connectivity index (χ1v) is 6.08. The van der Waals surface area contributed by atoms with Crippen LogP contribution in [-0.2, 0) is 13.7 Å². The average molecular weight is 257 g/mol. The summed E-state index contributed by atoms with van der Waals surface area (Å²) in [6.45, 7) is 4.49. The number of aromatic nitrogens is 5. The molecule has 0 saturated heterocycles. The van der Waals surface area contributed by atoms with E-state index >= 15 is 0 Å². The predicted octanol–water partition coefficient (Wildman–Crippen LogP) is 1.89. The molecule has 0 aliphatic heterocycles. The molecule has 0 spiro atoms.